The van der Waals surface area contributed by atoms with E-state index in [2.05, 4.69) is 175 Å². The largest absolute Gasteiger partial charge is 0.276 e. The molecule has 290 valence electrons. The molecule has 0 aliphatic heterocycles. The average molecular weight is 827 g/mol. The third-order valence-electron chi connectivity index (χ3n) is 13.5. The number of aromatic nitrogens is 4. The van der Waals surface area contributed by atoms with Gasteiger partial charge in [0.15, 0.2) is 0 Å². The normalized spacial score (nSPS) is 13.5. The molecule has 0 saturated carbocycles. The lowest BCUT2D eigenvalue weighted by Gasteiger charge is -2.22. The molecule has 0 atom stereocenters. The zero-order chi connectivity index (χ0) is 40.8. The highest BCUT2D eigenvalue weighted by Crippen LogP contribution is 2.52. The Labute approximate surface area is 364 Å². The number of fused-ring (bicyclic) bond motifs is 18. The molecule has 0 spiro atoms. The lowest BCUT2D eigenvalue weighted by Crippen LogP contribution is -2.15. The summed E-state index contributed by atoms with van der Waals surface area (Å²) in [5.74, 6) is 0.670. The van der Waals surface area contributed by atoms with E-state index in [9.17, 15) is 0 Å². The smallest absolute Gasteiger partial charge is 0.236 e. The Balaban J connectivity index is 1.17. The van der Waals surface area contributed by atoms with Crippen molar-refractivity contribution in [2.45, 2.75) is 19.3 Å². The van der Waals surface area contributed by atoms with E-state index >= 15 is 0 Å². The highest BCUT2D eigenvalue weighted by molar-refractivity contribution is 7.27. The van der Waals surface area contributed by atoms with Gasteiger partial charge < -0.3 is 0 Å². The Morgan fingerprint density at radius 3 is 2.13 bits per heavy atom. The molecule has 0 radical (unpaired) electrons. The minimum Gasteiger partial charge on any atom is -0.276 e. The number of benzene rings is 8. The SMILES string of the molecule is CC1(C)c2ccccc2-c2ccc(-c3nc(-n4c5cc(-c6cccnc6)ccc5c5c6ccccc6c6c7ccccc7sc6c54)nc4sc5ccc6ccccc6c5c34)cc21. The monoisotopic (exact) mass is 826 g/mol. The van der Waals surface area contributed by atoms with E-state index in [1.807, 2.05) is 29.8 Å². The Morgan fingerprint density at radius 2 is 1.26 bits per heavy atom. The summed E-state index contributed by atoms with van der Waals surface area (Å²) in [7, 11) is 0. The van der Waals surface area contributed by atoms with Crippen molar-refractivity contribution in [2.75, 3.05) is 0 Å². The van der Waals surface area contributed by atoms with Crippen LogP contribution in [0.15, 0.2) is 170 Å². The fourth-order valence-electron chi connectivity index (χ4n) is 10.7. The summed E-state index contributed by atoms with van der Waals surface area (Å²) >= 11 is 3.63. The Morgan fingerprint density at radius 1 is 0.500 bits per heavy atom. The van der Waals surface area contributed by atoms with Crippen LogP contribution in [-0.4, -0.2) is 19.5 Å². The first-order valence-electron chi connectivity index (χ1n) is 21.1. The van der Waals surface area contributed by atoms with Gasteiger partial charge in [-0.25, -0.2) is 9.97 Å². The van der Waals surface area contributed by atoms with Gasteiger partial charge in [0, 0.05) is 70.7 Å². The van der Waals surface area contributed by atoms with Crippen LogP contribution in [0.4, 0.5) is 0 Å². The van der Waals surface area contributed by atoms with Crippen LogP contribution in [0.1, 0.15) is 25.0 Å². The summed E-state index contributed by atoms with van der Waals surface area (Å²) < 4.78 is 6.10. The predicted octanol–water partition coefficient (Wildman–Crippen LogP) is 15.7. The van der Waals surface area contributed by atoms with E-state index in [0.29, 0.717) is 5.95 Å². The molecule has 1 aliphatic rings. The second-order valence-corrected chi connectivity index (χ2v) is 19.2. The van der Waals surface area contributed by atoms with Gasteiger partial charge in [0.05, 0.1) is 21.4 Å². The standard InChI is InChI=1S/C56H34N4S2/c1-56(2)42-19-9-7-15-36(42)37-24-22-33(28-43(37)56)51-50-49-35-14-4-3-12-31(35)23-26-46(49)62-54(50)59-55(58-51)60-44-29-32(34-13-11-27-57-30-34)21-25-40(44)47-38-16-5-6-17-39(38)48-41-18-8-10-20-45(41)61-53(48)52(47)60/h3-30H,1-2H3. The summed E-state index contributed by atoms with van der Waals surface area (Å²) in [6.07, 6.45) is 3.78. The molecule has 0 unspecified atom stereocenters. The molecular formula is C56H34N4S2. The summed E-state index contributed by atoms with van der Waals surface area (Å²) in [4.78, 5) is 17.0. The van der Waals surface area contributed by atoms with Crippen molar-refractivity contribution in [1.29, 1.82) is 0 Å². The van der Waals surface area contributed by atoms with Gasteiger partial charge in [-0.15, -0.1) is 22.7 Å². The van der Waals surface area contributed by atoms with Crippen LogP contribution in [0.5, 0.6) is 0 Å². The molecule has 62 heavy (non-hydrogen) atoms. The molecule has 0 fully saturated rings. The summed E-state index contributed by atoms with van der Waals surface area (Å²) in [5.41, 5.74) is 11.6. The Hall–Kier alpha value is -7.25. The van der Waals surface area contributed by atoms with Crippen molar-refractivity contribution in [2.24, 2.45) is 0 Å². The van der Waals surface area contributed by atoms with E-state index in [1.165, 1.54) is 84.8 Å². The molecule has 13 aromatic rings. The van der Waals surface area contributed by atoms with Crippen molar-refractivity contribution in [3.05, 3.63) is 181 Å². The number of nitrogens with zero attached hydrogens (tertiary/aromatic N) is 4. The van der Waals surface area contributed by atoms with Gasteiger partial charge in [0.25, 0.3) is 0 Å². The van der Waals surface area contributed by atoms with Crippen molar-refractivity contribution in [3.8, 4) is 39.5 Å². The molecule has 4 nitrogen and oxygen atoms in total. The maximum absolute atomic E-state index is 5.86. The maximum Gasteiger partial charge on any atom is 0.236 e. The quantitative estimate of drug-likeness (QED) is 0.178. The molecule has 5 aromatic heterocycles. The van der Waals surface area contributed by atoms with E-state index in [1.54, 1.807) is 11.3 Å². The van der Waals surface area contributed by atoms with Crippen LogP contribution in [0.2, 0.25) is 0 Å². The van der Waals surface area contributed by atoms with Crippen LogP contribution in [0.25, 0.3) is 123 Å². The van der Waals surface area contributed by atoms with Crippen LogP contribution >= 0.6 is 22.7 Å². The first kappa shape index (κ1) is 34.5. The first-order chi connectivity index (χ1) is 30.5. The highest BCUT2D eigenvalue weighted by Gasteiger charge is 2.36. The van der Waals surface area contributed by atoms with Gasteiger partial charge >= 0.3 is 0 Å². The molecular weight excluding hydrogens is 793 g/mol. The molecule has 0 N–H and O–H groups in total. The topological polar surface area (TPSA) is 43.6 Å². The lowest BCUT2D eigenvalue weighted by atomic mass is 9.82. The first-order valence-corrected chi connectivity index (χ1v) is 22.7. The Kier molecular flexibility index (Phi) is 6.90. The van der Waals surface area contributed by atoms with E-state index in [0.717, 1.165) is 43.6 Å². The zero-order valence-electron chi connectivity index (χ0n) is 33.8. The third-order valence-corrected chi connectivity index (χ3v) is 15.7. The summed E-state index contributed by atoms with van der Waals surface area (Å²) in [6, 6.07) is 57.9. The van der Waals surface area contributed by atoms with Crippen LogP contribution in [0, 0.1) is 0 Å². The van der Waals surface area contributed by atoms with E-state index < -0.39 is 0 Å². The van der Waals surface area contributed by atoms with E-state index in [4.69, 9.17) is 9.97 Å². The van der Waals surface area contributed by atoms with Crippen molar-refractivity contribution < 1.29 is 0 Å². The molecule has 0 bridgehead atoms. The minimum absolute atomic E-state index is 0.163. The van der Waals surface area contributed by atoms with Gasteiger partial charge in [-0.3, -0.25) is 9.55 Å². The maximum atomic E-state index is 5.86. The number of hydrogen-bond acceptors (Lipinski definition) is 5. The van der Waals surface area contributed by atoms with Crippen LogP contribution in [-0.2, 0) is 5.41 Å². The fraction of sp³-hybridized carbons (Fsp3) is 0.0536. The molecule has 14 rings (SSSR count). The Bertz CT molecular complexity index is 4080. The van der Waals surface area contributed by atoms with Gasteiger partial charge in [-0.1, -0.05) is 141 Å². The van der Waals surface area contributed by atoms with Crippen LogP contribution in [0.3, 0.4) is 0 Å². The second kappa shape index (κ2) is 12.4. The highest BCUT2D eigenvalue weighted by atomic mass is 32.1. The number of hydrogen-bond donors (Lipinski definition) is 0. The second-order valence-electron chi connectivity index (χ2n) is 17.1. The minimum atomic E-state index is -0.163. The van der Waals surface area contributed by atoms with Gasteiger partial charge in [0.1, 0.15) is 4.83 Å². The molecule has 8 aromatic carbocycles. The average Bonchev–Trinajstić information content (AvgIpc) is 4.06. The van der Waals surface area contributed by atoms with Gasteiger partial charge in [-0.05, 0) is 79.7 Å². The van der Waals surface area contributed by atoms with Crippen molar-refractivity contribution >= 4 is 106 Å². The fourth-order valence-corrected chi connectivity index (χ4v) is 13.0. The van der Waals surface area contributed by atoms with Crippen molar-refractivity contribution in [3.63, 3.8) is 0 Å². The predicted molar refractivity (Wildman–Crippen MR) is 263 cm³/mol. The molecule has 1 aliphatic carbocycles. The van der Waals surface area contributed by atoms with E-state index in [-0.39, 0.29) is 5.41 Å². The lowest BCUT2D eigenvalue weighted by molar-refractivity contribution is 0.660. The molecule has 0 saturated heterocycles. The zero-order valence-corrected chi connectivity index (χ0v) is 35.4. The number of pyridine rings is 1. The molecule has 0 amide bonds. The van der Waals surface area contributed by atoms with Crippen molar-refractivity contribution in [1.82, 2.24) is 19.5 Å². The summed E-state index contributed by atoms with van der Waals surface area (Å²) in [5, 5.41) is 12.2. The molecule has 6 heteroatoms. The number of rotatable bonds is 3. The summed E-state index contributed by atoms with van der Waals surface area (Å²) in [6.45, 7) is 4.71. The number of thiophene rings is 2. The third kappa shape index (κ3) is 4.57. The molecule has 5 heterocycles. The van der Waals surface area contributed by atoms with Gasteiger partial charge in [-0.2, -0.15) is 0 Å². The van der Waals surface area contributed by atoms with Crippen LogP contribution < -0.4 is 0 Å². The van der Waals surface area contributed by atoms with Gasteiger partial charge in [0.2, 0.25) is 5.95 Å².